The van der Waals surface area contributed by atoms with Gasteiger partial charge in [0, 0.05) is 67.0 Å². The maximum atomic E-state index is 13.1. The third-order valence-electron chi connectivity index (χ3n) is 11.3. The summed E-state index contributed by atoms with van der Waals surface area (Å²) in [5.41, 5.74) is 9.30. The van der Waals surface area contributed by atoms with E-state index in [1.807, 2.05) is 72.8 Å². The van der Waals surface area contributed by atoms with Gasteiger partial charge in [-0.2, -0.15) is 10.2 Å². The summed E-state index contributed by atoms with van der Waals surface area (Å²) in [6.07, 6.45) is 0. The van der Waals surface area contributed by atoms with E-state index in [0.29, 0.717) is 67.3 Å². The van der Waals surface area contributed by atoms with Crippen molar-refractivity contribution in [3.8, 4) is 22.3 Å². The molecule has 2 N–H and O–H groups in total. The molecule has 0 bridgehead atoms. The molecule has 304 valence electrons. The van der Waals surface area contributed by atoms with Gasteiger partial charge in [0.15, 0.2) is 23.1 Å². The standard InChI is InChI=1S/C54H32N4O6/c59-49-41-5-1-3-7-43(41)51(61)47-29-39(25-27-45(47)49)55-53(63)35-13-9-31(10-14-35)33-17-21-37(22-18-33)57-58-38-23-19-34(20-24-38)32-11-15-36(16-12-32)54(64)56-40-26-28-46-48(30-40)52(62)44-8-4-2-6-42(44)50(46)60/h1-30H,(H,55,63)(H,56,64). The summed E-state index contributed by atoms with van der Waals surface area (Å²) in [6.45, 7) is 0. The van der Waals surface area contributed by atoms with Gasteiger partial charge in [0.1, 0.15) is 0 Å². The van der Waals surface area contributed by atoms with Crippen molar-refractivity contribution in [2.45, 2.75) is 0 Å². The highest BCUT2D eigenvalue weighted by molar-refractivity contribution is 6.29. The number of fused-ring (bicyclic) bond motifs is 4. The maximum absolute atomic E-state index is 13.1. The SMILES string of the molecule is O=C(Nc1ccc2c(c1)C(=O)c1ccccc1C2=O)c1ccc(-c2ccc(N=Nc3ccc(-c4ccc(C(=O)Nc5ccc6c(c5)C(=O)c5ccccc5C6=O)cc4)cc3)cc2)cc1. The smallest absolute Gasteiger partial charge is 0.255 e. The summed E-state index contributed by atoms with van der Waals surface area (Å²) in [5, 5.41) is 14.5. The van der Waals surface area contributed by atoms with Crippen molar-refractivity contribution in [1.82, 2.24) is 0 Å². The molecule has 0 radical (unpaired) electrons. The molecule has 2 aliphatic carbocycles. The molecule has 8 aromatic rings. The first-order valence-corrected chi connectivity index (χ1v) is 20.3. The first-order chi connectivity index (χ1) is 31.2. The molecule has 10 rings (SSSR count). The van der Waals surface area contributed by atoms with E-state index in [9.17, 15) is 28.8 Å². The summed E-state index contributed by atoms with van der Waals surface area (Å²) >= 11 is 0. The largest absolute Gasteiger partial charge is 0.322 e. The zero-order valence-electron chi connectivity index (χ0n) is 33.7. The molecule has 64 heavy (non-hydrogen) atoms. The van der Waals surface area contributed by atoms with Gasteiger partial charge in [-0.1, -0.05) is 97.1 Å². The number of amides is 2. The second-order valence-corrected chi connectivity index (χ2v) is 15.3. The molecular formula is C54H32N4O6. The van der Waals surface area contributed by atoms with Crippen LogP contribution in [-0.2, 0) is 0 Å². The second kappa shape index (κ2) is 16.1. The Labute approximate surface area is 366 Å². The lowest BCUT2D eigenvalue weighted by Gasteiger charge is -2.18. The molecule has 2 aliphatic rings. The number of ketones is 4. The molecule has 0 aliphatic heterocycles. The minimum absolute atomic E-state index is 0.216. The number of carbonyl (C=O) groups is 6. The maximum Gasteiger partial charge on any atom is 0.255 e. The predicted molar refractivity (Wildman–Crippen MR) is 243 cm³/mol. The Morgan fingerprint density at radius 1 is 0.312 bits per heavy atom. The van der Waals surface area contributed by atoms with Crippen molar-refractivity contribution in [3.63, 3.8) is 0 Å². The number of azo groups is 1. The summed E-state index contributed by atoms with van der Waals surface area (Å²) in [4.78, 5) is 78.4. The quantitative estimate of drug-likeness (QED) is 0.145. The van der Waals surface area contributed by atoms with Crippen LogP contribution in [-0.4, -0.2) is 34.9 Å². The Morgan fingerprint density at radius 3 is 0.922 bits per heavy atom. The van der Waals surface area contributed by atoms with Gasteiger partial charge >= 0.3 is 0 Å². The summed E-state index contributed by atoms with van der Waals surface area (Å²) in [5.74, 6) is -1.63. The van der Waals surface area contributed by atoms with Crippen molar-refractivity contribution in [2.75, 3.05) is 10.6 Å². The Bertz CT molecular complexity index is 3080. The van der Waals surface area contributed by atoms with Gasteiger partial charge in [-0.15, -0.1) is 0 Å². The zero-order valence-corrected chi connectivity index (χ0v) is 33.7. The highest BCUT2D eigenvalue weighted by Gasteiger charge is 2.31. The molecule has 0 atom stereocenters. The third-order valence-corrected chi connectivity index (χ3v) is 11.3. The van der Waals surface area contributed by atoms with E-state index >= 15 is 0 Å². The molecule has 2 amide bonds. The minimum atomic E-state index is -0.348. The normalized spacial score (nSPS) is 12.6. The molecule has 10 nitrogen and oxygen atoms in total. The van der Waals surface area contributed by atoms with Gasteiger partial charge in [-0.3, -0.25) is 28.8 Å². The topological polar surface area (TPSA) is 151 Å². The Morgan fingerprint density at radius 2 is 0.594 bits per heavy atom. The van der Waals surface area contributed by atoms with Gasteiger partial charge in [0.2, 0.25) is 0 Å². The number of hydrogen-bond donors (Lipinski definition) is 2. The van der Waals surface area contributed by atoms with Crippen LogP contribution in [0.3, 0.4) is 0 Å². The first-order valence-electron chi connectivity index (χ1n) is 20.3. The van der Waals surface area contributed by atoms with Crippen LogP contribution in [0.2, 0.25) is 0 Å². The summed E-state index contributed by atoms with van der Waals surface area (Å²) in [7, 11) is 0. The first kappa shape index (κ1) is 39.1. The number of nitrogens with one attached hydrogen (secondary N) is 2. The number of anilines is 2. The van der Waals surface area contributed by atoms with Crippen molar-refractivity contribution in [3.05, 3.63) is 238 Å². The molecule has 0 saturated carbocycles. The van der Waals surface area contributed by atoms with Gasteiger partial charge in [-0.05, 0) is 107 Å². The van der Waals surface area contributed by atoms with Gasteiger partial charge in [-0.25, -0.2) is 0 Å². The highest BCUT2D eigenvalue weighted by atomic mass is 16.2. The van der Waals surface area contributed by atoms with Crippen LogP contribution in [0.25, 0.3) is 22.3 Å². The Hall–Kier alpha value is -9.02. The summed E-state index contributed by atoms with van der Waals surface area (Å²) < 4.78 is 0. The molecule has 10 heteroatoms. The van der Waals surface area contributed by atoms with E-state index in [1.165, 1.54) is 0 Å². The van der Waals surface area contributed by atoms with E-state index in [2.05, 4.69) is 20.9 Å². The predicted octanol–water partition coefficient (Wildman–Crippen LogP) is 11.5. The summed E-state index contributed by atoms with van der Waals surface area (Å²) in [6, 6.07) is 52.4. The van der Waals surface area contributed by atoms with Crippen LogP contribution >= 0.6 is 0 Å². The molecule has 0 unspecified atom stereocenters. The zero-order chi connectivity index (χ0) is 43.9. The average molecular weight is 833 g/mol. The Balaban J connectivity index is 0.736. The van der Waals surface area contributed by atoms with Crippen molar-refractivity contribution < 1.29 is 28.8 Å². The lowest BCUT2D eigenvalue weighted by atomic mass is 9.84. The molecule has 0 aromatic heterocycles. The number of rotatable bonds is 8. The fourth-order valence-corrected chi connectivity index (χ4v) is 7.95. The molecule has 0 fully saturated rings. The van der Waals surface area contributed by atoms with E-state index in [-0.39, 0.29) is 46.1 Å². The van der Waals surface area contributed by atoms with Crippen LogP contribution in [0.5, 0.6) is 0 Å². The Kier molecular flexibility index (Phi) is 9.85. The monoisotopic (exact) mass is 832 g/mol. The van der Waals surface area contributed by atoms with Crippen molar-refractivity contribution in [2.24, 2.45) is 10.2 Å². The second-order valence-electron chi connectivity index (χ2n) is 15.3. The van der Waals surface area contributed by atoms with E-state index in [4.69, 9.17) is 0 Å². The number of nitrogens with zero attached hydrogens (tertiary/aromatic N) is 2. The lowest BCUT2D eigenvalue weighted by Crippen LogP contribution is -2.21. The van der Waals surface area contributed by atoms with E-state index in [1.54, 1.807) is 109 Å². The number of hydrogen-bond acceptors (Lipinski definition) is 8. The van der Waals surface area contributed by atoms with Crippen LogP contribution < -0.4 is 10.6 Å². The molecule has 0 heterocycles. The van der Waals surface area contributed by atoms with Gasteiger partial charge in [0.05, 0.1) is 11.4 Å². The fraction of sp³-hybridized carbons (Fsp3) is 0. The average Bonchev–Trinajstić information content (AvgIpc) is 3.34. The van der Waals surface area contributed by atoms with Gasteiger partial charge in [0.25, 0.3) is 11.8 Å². The van der Waals surface area contributed by atoms with Crippen LogP contribution in [0.4, 0.5) is 22.7 Å². The van der Waals surface area contributed by atoms with Crippen LogP contribution in [0.15, 0.2) is 192 Å². The molecule has 0 saturated heterocycles. The molecular weight excluding hydrogens is 801 g/mol. The van der Waals surface area contributed by atoms with Gasteiger partial charge < -0.3 is 10.6 Å². The number of benzene rings is 8. The number of carbonyl (C=O) groups excluding carboxylic acids is 6. The molecule has 8 aromatic carbocycles. The van der Waals surface area contributed by atoms with Crippen LogP contribution in [0.1, 0.15) is 84.4 Å². The fourth-order valence-electron chi connectivity index (χ4n) is 7.95. The molecule has 0 spiro atoms. The van der Waals surface area contributed by atoms with Crippen molar-refractivity contribution in [1.29, 1.82) is 0 Å². The van der Waals surface area contributed by atoms with Crippen LogP contribution in [0, 0.1) is 0 Å². The van der Waals surface area contributed by atoms with Crippen molar-refractivity contribution >= 4 is 57.7 Å². The third kappa shape index (κ3) is 7.31. The minimum Gasteiger partial charge on any atom is -0.322 e. The van der Waals surface area contributed by atoms with E-state index in [0.717, 1.165) is 22.3 Å². The van der Waals surface area contributed by atoms with E-state index < -0.39 is 0 Å². The highest BCUT2D eigenvalue weighted by Crippen LogP contribution is 2.32. The lowest BCUT2D eigenvalue weighted by molar-refractivity contribution is 0.0979.